The van der Waals surface area contributed by atoms with E-state index in [1.54, 1.807) is 24.8 Å². The number of aryl methyl sites for hydroxylation is 1. The van der Waals surface area contributed by atoms with Crippen LogP contribution in [-0.4, -0.2) is 24.6 Å². The van der Waals surface area contributed by atoms with Gasteiger partial charge in [-0.05, 0) is 6.07 Å². The standard InChI is InChI=1S/C9H10N4O/c1-13-6-10-4-8(13)7-2-3-11-9(5-14)12-7/h2-4,6,14H,5H2,1H3. The molecule has 2 aromatic heterocycles. The molecule has 5 nitrogen and oxygen atoms in total. The molecule has 5 heteroatoms. The maximum Gasteiger partial charge on any atom is 0.154 e. The predicted octanol–water partition coefficient (Wildman–Crippen LogP) is 0.369. The Hall–Kier alpha value is -1.75. The molecular formula is C9H10N4O. The summed E-state index contributed by atoms with van der Waals surface area (Å²) in [5, 5.41) is 8.88. The molecule has 0 atom stereocenters. The number of rotatable bonds is 2. The Morgan fingerprint density at radius 1 is 1.50 bits per heavy atom. The predicted molar refractivity (Wildman–Crippen MR) is 50.2 cm³/mol. The fraction of sp³-hybridized carbons (Fsp3) is 0.222. The van der Waals surface area contributed by atoms with E-state index in [-0.39, 0.29) is 6.61 Å². The average molecular weight is 190 g/mol. The first-order valence-corrected chi connectivity index (χ1v) is 4.20. The van der Waals surface area contributed by atoms with Gasteiger partial charge in [0, 0.05) is 13.2 Å². The first-order valence-electron chi connectivity index (χ1n) is 4.20. The van der Waals surface area contributed by atoms with Crippen LogP contribution in [0.4, 0.5) is 0 Å². The second-order valence-electron chi connectivity index (χ2n) is 2.91. The quantitative estimate of drug-likeness (QED) is 0.743. The summed E-state index contributed by atoms with van der Waals surface area (Å²) in [6.07, 6.45) is 5.06. The molecule has 0 aliphatic rings. The van der Waals surface area contributed by atoms with Crippen LogP contribution in [0.25, 0.3) is 11.4 Å². The Morgan fingerprint density at radius 2 is 2.36 bits per heavy atom. The van der Waals surface area contributed by atoms with Gasteiger partial charge < -0.3 is 9.67 Å². The van der Waals surface area contributed by atoms with Crippen LogP contribution >= 0.6 is 0 Å². The summed E-state index contributed by atoms with van der Waals surface area (Å²) in [5.41, 5.74) is 1.67. The van der Waals surface area contributed by atoms with Gasteiger partial charge in [-0.25, -0.2) is 15.0 Å². The van der Waals surface area contributed by atoms with Gasteiger partial charge in [0.2, 0.25) is 0 Å². The number of hydrogen-bond acceptors (Lipinski definition) is 4. The van der Waals surface area contributed by atoms with Crippen LogP contribution in [0.3, 0.4) is 0 Å². The van der Waals surface area contributed by atoms with E-state index >= 15 is 0 Å². The molecule has 0 amide bonds. The largest absolute Gasteiger partial charge is 0.388 e. The van der Waals surface area contributed by atoms with Crippen molar-refractivity contribution >= 4 is 0 Å². The topological polar surface area (TPSA) is 63.8 Å². The van der Waals surface area contributed by atoms with Crippen molar-refractivity contribution in [3.63, 3.8) is 0 Å². The van der Waals surface area contributed by atoms with E-state index in [4.69, 9.17) is 5.11 Å². The van der Waals surface area contributed by atoms with E-state index in [0.717, 1.165) is 11.4 Å². The Labute approximate surface area is 81.1 Å². The SMILES string of the molecule is Cn1cncc1-c1ccnc(CO)n1. The van der Waals surface area contributed by atoms with Crippen LogP contribution in [0.2, 0.25) is 0 Å². The van der Waals surface area contributed by atoms with Crippen LogP contribution in [0.5, 0.6) is 0 Å². The zero-order chi connectivity index (χ0) is 9.97. The molecule has 72 valence electrons. The van der Waals surface area contributed by atoms with Crippen molar-refractivity contribution in [3.8, 4) is 11.4 Å². The molecule has 2 heterocycles. The summed E-state index contributed by atoms with van der Waals surface area (Å²) in [6, 6.07) is 1.79. The minimum atomic E-state index is -0.147. The molecule has 0 bridgehead atoms. The third-order valence-corrected chi connectivity index (χ3v) is 1.93. The molecule has 0 unspecified atom stereocenters. The molecule has 0 aliphatic carbocycles. The number of aliphatic hydroxyl groups is 1. The highest BCUT2D eigenvalue weighted by Gasteiger charge is 2.04. The zero-order valence-corrected chi connectivity index (χ0v) is 7.75. The minimum absolute atomic E-state index is 0.147. The maximum absolute atomic E-state index is 8.88. The molecule has 0 aliphatic heterocycles. The summed E-state index contributed by atoms with van der Waals surface area (Å²) in [4.78, 5) is 12.1. The van der Waals surface area contributed by atoms with Crippen molar-refractivity contribution in [2.24, 2.45) is 7.05 Å². The zero-order valence-electron chi connectivity index (χ0n) is 7.75. The third-order valence-electron chi connectivity index (χ3n) is 1.93. The Balaban J connectivity index is 2.47. The van der Waals surface area contributed by atoms with E-state index in [1.165, 1.54) is 0 Å². The van der Waals surface area contributed by atoms with Crippen LogP contribution in [0.15, 0.2) is 24.8 Å². The second-order valence-corrected chi connectivity index (χ2v) is 2.91. The Bertz CT molecular complexity index is 438. The van der Waals surface area contributed by atoms with E-state index in [9.17, 15) is 0 Å². The average Bonchev–Trinajstić information content (AvgIpc) is 2.65. The number of aromatic nitrogens is 4. The van der Waals surface area contributed by atoms with Crippen molar-refractivity contribution in [3.05, 3.63) is 30.6 Å². The summed E-state index contributed by atoms with van der Waals surface area (Å²) in [7, 11) is 1.89. The minimum Gasteiger partial charge on any atom is -0.388 e. The van der Waals surface area contributed by atoms with Crippen molar-refractivity contribution in [1.29, 1.82) is 0 Å². The van der Waals surface area contributed by atoms with Crippen molar-refractivity contribution < 1.29 is 5.11 Å². The molecule has 2 aromatic rings. The smallest absolute Gasteiger partial charge is 0.154 e. The van der Waals surface area contributed by atoms with Gasteiger partial charge in [0.05, 0.1) is 23.9 Å². The molecule has 0 fully saturated rings. The number of hydrogen-bond donors (Lipinski definition) is 1. The summed E-state index contributed by atoms with van der Waals surface area (Å²) in [6.45, 7) is -0.147. The molecular weight excluding hydrogens is 180 g/mol. The molecule has 0 saturated heterocycles. The van der Waals surface area contributed by atoms with Gasteiger partial charge in [0.15, 0.2) is 5.82 Å². The van der Waals surface area contributed by atoms with Gasteiger partial charge >= 0.3 is 0 Å². The number of aliphatic hydroxyl groups excluding tert-OH is 1. The van der Waals surface area contributed by atoms with Crippen molar-refractivity contribution in [2.45, 2.75) is 6.61 Å². The van der Waals surface area contributed by atoms with E-state index < -0.39 is 0 Å². The first kappa shape index (κ1) is 8.83. The Morgan fingerprint density at radius 3 is 3.00 bits per heavy atom. The monoisotopic (exact) mass is 190 g/mol. The lowest BCUT2D eigenvalue weighted by atomic mass is 10.3. The maximum atomic E-state index is 8.88. The van der Waals surface area contributed by atoms with E-state index in [2.05, 4.69) is 15.0 Å². The van der Waals surface area contributed by atoms with Crippen LogP contribution < -0.4 is 0 Å². The fourth-order valence-electron chi connectivity index (χ4n) is 1.22. The van der Waals surface area contributed by atoms with E-state index in [0.29, 0.717) is 5.82 Å². The molecule has 2 rings (SSSR count). The molecule has 0 aromatic carbocycles. The second kappa shape index (κ2) is 3.55. The van der Waals surface area contributed by atoms with Gasteiger partial charge in [0.1, 0.15) is 6.61 Å². The third kappa shape index (κ3) is 1.49. The lowest BCUT2D eigenvalue weighted by Gasteiger charge is -2.01. The van der Waals surface area contributed by atoms with Crippen LogP contribution in [0, 0.1) is 0 Å². The van der Waals surface area contributed by atoms with Gasteiger partial charge in [-0.3, -0.25) is 0 Å². The molecule has 0 radical (unpaired) electrons. The number of imidazole rings is 1. The highest BCUT2D eigenvalue weighted by Crippen LogP contribution is 2.14. The first-order chi connectivity index (χ1) is 6.81. The van der Waals surface area contributed by atoms with E-state index in [1.807, 2.05) is 11.6 Å². The normalized spacial score (nSPS) is 10.4. The molecule has 0 saturated carbocycles. The van der Waals surface area contributed by atoms with Gasteiger partial charge in [-0.1, -0.05) is 0 Å². The summed E-state index contributed by atoms with van der Waals surface area (Å²) < 4.78 is 1.86. The summed E-state index contributed by atoms with van der Waals surface area (Å²) >= 11 is 0. The van der Waals surface area contributed by atoms with Crippen LogP contribution in [-0.2, 0) is 13.7 Å². The molecule has 14 heavy (non-hydrogen) atoms. The van der Waals surface area contributed by atoms with Gasteiger partial charge in [0.25, 0.3) is 0 Å². The van der Waals surface area contributed by atoms with Crippen molar-refractivity contribution in [2.75, 3.05) is 0 Å². The lowest BCUT2D eigenvalue weighted by Crippen LogP contribution is -1.98. The Kier molecular flexibility index (Phi) is 2.24. The van der Waals surface area contributed by atoms with Crippen molar-refractivity contribution in [1.82, 2.24) is 19.5 Å². The van der Waals surface area contributed by atoms with Gasteiger partial charge in [-0.2, -0.15) is 0 Å². The molecule has 1 N–H and O–H groups in total. The van der Waals surface area contributed by atoms with Gasteiger partial charge in [-0.15, -0.1) is 0 Å². The highest BCUT2D eigenvalue weighted by atomic mass is 16.3. The summed E-state index contributed by atoms with van der Waals surface area (Å²) in [5.74, 6) is 0.420. The fourth-order valence-corrected chi connectivity index (χ4v) is 1.22. The molecule has 0 spiro atoms. The van der Waals surface area contributed by atoms with Crippen LogP contribution in [0.1, 0.15) is 5.82 Å². The highest BCUT2D eigenvalue weighted by molar-refractivity contribution is 5.52. The number of nitrogens with zero attached hydrogens (tertiary/aromatic N) is 4. The lowest BCUT2D eigenvalue weighted by molar-refractivity contribution is 0.271.